The van der Waals surface area contributed by atoms with Crippen LogP contribution in [0.25, 0.3) is 0 Å². The van der Waals surface area contributed by atoms with E-state index in [4.69, 9.17) is 11.6 Å². The van der Waals surface area contributed by atoms with E-state index in [9.17, 15) is 22.8 Å². The number of alkyl halides is 3. The maximum absolute atomic E-state index is 12.8. The van der Waals surface area contributed by atoms with Gasteiger partial charge in [-0.2, -0.15) is 13.2 Å². The molecule has 0 aliphatic carbocycles. The van der Waals surface area contributed by atoms with Crippen LogP contribution in [-0.2, 0) is 11.0 Å². The number of rotatable bonds is 3. The summed E-state index contributed by atoms with van der Waals surface area (Å²) in [6.07, 6.45) is -3.48. The van der Waals surface area contributed by atoms with Crippen LogP contribution >= 0.6 is 11.6 Å². The molecule has 2 N–H and O–H groups in total. The lowest BCUT2D eigenvalue weighted by Gasteiger charge is -2.34. The first-order valence-electron chi connectivity index (χ1n) is 8.80. The Labute approximate surface area is 170 Å². The first-order valence-corrected chi connectivity index (χ1v) is 9.18. The van der Waals surface area contributed by atoms with E-state index in [2.05, 4.69) is 15.6 Å². The summed E-state index contributed by atoms with van der Waals surface area (Å²) in [5.41, 5.74) is -0.0510. The maximum Gasteiger partial charge on any atom is 0.433 e. The average molecular weight is 427 g/mol. The molecule has 3 rings (SSSR count). The summed E-state index contributed by atoms with van der Waals surface area (Å²) in [7, 11) is 0. The predicted molar refractivity (Wildman–Crippen MR) is 100 cm³/mol. The van der Waals surface area contributed by atoms with Gasteiger partial charge in [-0.15, -0.1) is 0 Å². The van der Waals surface area contributed by atoms with Crippen LogP contribution in [0.3, 0.4) is 0 Å². The molecule has 1 fully saturated rings. The summed E-state index contributed by atoms with van der Waals surface area (Å²) < 4.78 is 38.5. The van der Waals surface area contributed by atoms with Gasteiger partial charge in [0.2, 0.25) is 5.91 Å². The molecule has 6 nitrogen and oxygen atoms in total. The van der Waals surface area contributed by atoms with Crippen molar-refractivity contribution in [3.63, 3.8) is 0 Å². The fraction of sp³-hybridized carbons (Fsp3) is 0.316. The van der Waals surface area contributed by atoms with E-state index in [1.807, 2.05) is 0 Å². The number of halogens is 4. The van der Waals surface area contributed by atoms with Crippen molar-refractivity contribution in [3.05, 3.63) is 64.4 Å². The van der Waals surface area contributed by atoms with Crippen molar-refractivity contribution < 1.29 is 22.8 Å². The molecule has 154 valence electrons. The molecular formula is C19H18ClF3N4O2. The number of nitrogens with one attached hydrogen (secondary N) is 2. The lowest BCUT2D eigenvalue weighted by atomic mass is 10.00. The van der Waals surface area contributed by atoms with Gasteiger partial charge in [0.05, 0.1) is 6.04 Å². The van der Waals surface area contributed by atoms with Gasteiger partial charge >= 0.3 is 12.2 Å². The van der Waals surface area contributed by atoms with E-state index >= 15 is 0 Å². The van der Waals surface area contributed by atoms with Crippen LogP contribution in [0.5, 0.6) is 0 Å². The van der Waals surface area contributed by atoms with Crippen LogP contribution in [-0.4, -0.2) is 41.0 Å². The number of amides is 3. The van der Waals surface area contributed by atoms with Gasteiger partial charge in [0.15, 0.2) is 0 Å². The smallest absolute Gasteiger partial charge is 0.353 e. The van der Waals surface area contributed by atoms with Crippen LogP contribution < -0.4 is 10.6 Å². The highest BCUT2D eigenvalue weighted by Gasteiger charge is 2.33. The Kier molecular flexibility index (Phi) is 5.97. The van der Waals surface area contributed by atoms with Crippen LogP contribution in [0, 0.1) is 0 Å². The van der Waals surface area contributed by atoms with E-state index < -0.39 is 30.0 Å². The van der Waals surface area contributed by atoms with Gasteiger partial charge in [-0.05, 0) is 36.2 Å². The number of nitrogens with zero attached hydrogens (tertiary/aromatic N) is 2. The molecular weight excluding hydrogens is 409 g/mol. The van der Waals surface area contributed by atoms with Crippen molar-refractivity contribution in [2.75, 3.05) is 13.1 Å². The number of piperazine rings is 1. The lowest BCUT2D eigenvalue weighted by molar-refractivity contribution is -0.141. The van der Waals surface area contributed by atoms with Gasteiger partial charge in [-0.1, -0.05) is 29.8 Å². The molecule has 1 aromatic carbocycles. The number of carbonyl (C=O) groups is 2. The molecule has 10 heteroatoms. The molecule has 1 aliphatic heterocycles. The fourth-order valence-corrected chi connectivity index (χ4v) is 3.15. The molecule has 29 heavy (non-hydrogen) atoms. The Hall–Kier alpha value is -2.81. The number of carbonyl (C=O) groups excluding carboxylic acids is 2. The molecule has 0 spiro atoms. The number of pyridine rings is 1. The average Bonchev–Trinajstić information content (AvgIpc) is 2.68. The monoisotopic (exact) mass is 426 g/mol. The van der Waals surface area contributed by atoms with Crippen LogP contribution in [0.2, 0.25) is 5.02 Å². The third kappa shape index (κ3) is 4.79. The van der Waals surface area contributed by atoms with Crippen LogP contribution in [0.1, 0.15) is 29.8 Å². The van der Waals surface area contributed by atoms with Gasteiger partial charge in [0.1, 0.15) is 11.7 Å². The van der Waals surface area contributed by atoms with Gasteiger partial charge < -0.3 is 15.5 Å². The van der Waals surface area contributed by atoms with Gasteiger partial charge in [-0.25, -0.2) is 4.79 Å². The van der Waals surface area contributed by atoms with Crippen molar-refractivity contribution in [2.24, 2.45) is 0 Å². The maximum atomic E-state index is 12.8. The zero-order chi connectivity index (χ0) is 21.2. The van der Waals surface area contributed by atoms with E-state index in [-0.39, 0.29) is 5.91 Å². The Morgan fingerprint density at radius 3 is 2.48 bits per heavy atom. The number of hydrogen-bond donors (Lipinski definition) is 2. The second-order valence-electron chi connectivity index (χ2n) is 6.57. The lowest BCUT2D eigenvalue weighted by Crippen LogP contribution is -2.58. The van der Waals surface area contributed by atoms with Gasteiger partial charge in [0, 0.05) is 24.3 Å². The molecule has 2 atom stereocenters. The SMILES string of the molecule is C[C@@H]1C(=O)NCCN1C(=O)NC(c1ccc(Cl)cc1)c1ccc(C(F)(F)F)nc1. The Balaban J connectivity index is 1.90. The molecule has 1 unspecified atom stereocenters. The Bertz CT molecular complexity index is 888. The standard InChI is InChI=1S/C19H18ClF3N4O2/c1-11-17(28)24-8-9-27(11)18(29)26-16(12-2-5-14(20)6-3-12)13-4-7-15(25-10-13)19(21,22)23/h2-7,10-11,16H,8-9H2,1H3,(H,24,28)(H,26,29)/t11-,16?/m1/s1. The largest absolute Gasteiger partial charge is 0.433 e. The molecule has 2 heterocycles. The summed E-state index contributed by atoms with van der Waals surface area (Å²) in [4.78, 5) is 29.5. The molecule has 0 bridgehead atoms. The van der Waals surface area contributed by atoms with Crippen LogP contribution in [0.4, 0.5) is 18.0 Å². The molecule has 1 aromatic heterocycles. The Morgan fingerprint density at radius 2 is 1.90 bits per heavy atom. The van der Waals surface area contributed by atoms with E-state index in [1.54, 1.807) is 31.2 Å². The first-order chi connectivity index (χ1) is 13.7. The Morgan fingerprint density at radius 1 is 1.24 bits per heavy atom. The van der Waals surface area contributed by atoms with E-state index in [0.717, 1.165) is 12.3 Å². The molecule has 2 aromatic rings. The van der Waals surface area contributed by atoms with Crippen LogP contribution in [0.15, 0.2) is 42.6 Å². The van der Waals surface area contributed by atoms with Crippen molar-refractivity contribution >= 4 is 23.5 Å². The highest BCUT2D eigenvalue weighted by Crippen LogP contribution is 2.29. The van der Waals surface area contributed by atoms with Gasteiger partial charge in [0.25, 0.3) is 0 Å². The summed E-state index contributed by atoms with van der Waals surface area (Å²) >= 11 is 5.92. The fourth-order valence-electron chi connectivity index (χ4n) is 3.02. The minimum atomic E-state index is -4.56. The number of hydrogen-bond acceptors (Lipinski definition) is 3. The minimum absolute atomic E-state index is 0.273. The van der Waals surface area contributed by atoms with Crippen molar-refractivity contribution in [1.29, 1.82) is 0 Å². The zero-order valence-electron chi connectivity index (χ0n) is 15.3. The predicted octanol–water partition coefficient (Wildman–Crippen LogP) is 3.37. The highest BCUT2D eigenvalue weighted by molar-refractivity contribution is 6.30. The third-order valence-corrected chi connectivity index (χ3v) is 4.89. The van der Waals surface area contributed by atoms with E-state index in [1.165, 1.54) is 11.0 Å². The van der Waals surface area contributed by atoms with Crippen molar-refractivity contribution in [2.45, 2.75) is 25.2 Å². The number of benzene rings is 1. The third-order valence-electron chi connectivity index (χ3n) is 4.64. The quantitative estimate of drug-likeness (QED) is 0.790. The second kappa shape index (κ2) is 8.28. The number of urea groups is 1. The summed E-state index contributed by atoms with van der Waals surface area (Å²) in [5.74, 6) is -0.273. The molecule has 1 aliphatic rings. The highest BCUT2D eigenvalue weighted by atomic mass is 35.5. The number of aromatic nitrogens is 1. The minimum Gasteiger partial charge on any atom is -0.353 e. The normalized spacial score (nSPS) is 18.2. The van der Waals surface area contributed by atoms with E-state index in [0.29, 0.717) is 29.2 Å². The molecule has 3 amide bonds. The summed E-state index contributed by atoms with van der Waals surface area (Å²) in [5, 5.41) is 5.94. The molecule has 0 saturated carbocycles. The second-order valence-corrected chi connectivity index (χ2v) is 7.01. The zero-order valence-corrected chi connectivity index (χ0v) is 16.1. The molecule has 0 radical (unpaired) electrons. The summed E-state index contributed by atoms with van der Waals surface area (Å²) in [6, 6.07) is 6.74. The van der Waals surface area contributed by atoms with Crippen molar-refractivity contribution in [3.8, 4) is 0 Å². The first kappa shape index (κ1) is 20.9. The van der Waals surface area contributed by atoms with Gasteiger partial charge in [-0.3, -0.25) is 9.78 Å². The topological polar surface area (TPSA) is 74.3 Å². The van der Waals surface area contributed by atoms with Crippen molar-refractivity contribution in [1.82, 2.24) is 20.5 Å². The molecule has 1 saturated heterocycles. The summed E-state index contributed by atoms with van der Waals surface area (Å²) in [6.45, 7) is 2.24.